The topological polar surface area (TPSA) is 43.2 Å². The van der Waals surface area contributed by atoms with Gasteiger partial charge in [0.05, 0.1) is 19.2 Å². The molecule has 2 heterocycles. The van der Waals surface area contributed by atoms with Crippen molar-refractivity contribution in [2.75, 3.05) is 19.9 Å². The molecule has 0 radical (unpaired) electrons. The van der Waals surface area contributed by atoms with E-state index in [4.69, 9.17) is 4.74 Å². The minimum atomic E-state index is 0.296. The maximum atomic E-state index is 5.81. The lowest BCUT2D eigenvalue weighted by molar-refractivity contribution is 0.0934. The Morgan fingerprint density at radius 1 is 1.23 bits per heavy atom. The van der Waals surface area contributed by atoms with Gasteiger partial charge in [-0.25, -0.2) is 0 Å². The molecule has 0 amide bonds. The molecule has 6 heteroatoms. The summed E-state index contributed by atoms with van der Waals surface area (Å²) >= 11 is 1.65. The third-order valence-corrected chi connectivity index (χ3v) is 5.56. The fourth-order valence-electron chi connectivity index (χ4n) is 3.38. The van der Waals surface area contributed by atoms with Gasteiger partial charge in [0.15, 0.2) is 5.16 Å². The number of thioether (sulfide) groups is 1. The van der Waals surface area contributed by atoms with Crippen LogP contribution in [0.3, 0.4) is 0 Å². The van der Waals surface area contributed by atoms with Crippen LogP contribution in [-0.4, -0.2) is 45.7 Å². The summed E-state index contributed by atoms with van der Waals surface area (Å²) in [5.74, 6) is 1.59. The highest BCUT2D eigenvalue weighted by Crippen LogP contribution is 2.21. The van der Waals surface area contributed by atoms with Crippen molar-refractivity contribution >= 4 is 11.8 Å². The van der Waals surface area contributed by atoms with Crippen molar-refractivity contribution in [3.05, 3.63) is 41.2 Å². The molecule has 2 aromatic rings. The van der Waals surface area contributed by atoms with Crippen molar-refractivity contribution < 1.29 is 4.74 Å². The predicted octanol–water partition coefficient (Wildman–Crippen LogP) is 3.93. The van der Waals surface area contributed by atoms with Crippen molar-refractivity contribution in [2.45, 2.75) is 63.5 Å². The summed E-state index contributed by atoms with van der Waals surface area (Å²) in [6, 6.07) is 8.94. The van der Waals surface area contributed by atoms with Gasteiger partial charge in [0, 0.05) is 13.2 Å². The predicted molar refractivity (Wildman–Crippen MR) is 106 cm³/mol. The number of hydrogen-bond acceptors (Lipinski definition) is 5. The minimum Gasteiger partial charge on any atom is -0.376 e. The molecule has 1 fully saturated rings. The maximum absolute atomic E-state index is 5.81. The summed E-state index contributed by atoms with van der Waals surface area (Å²) in [5, 5.41) is 9.78. The molecule has 1 unspecified atom stereocenters. The Balaban J connectivity index is 1.64. The van der Waals surface area contributed by atoms with Gasteiger partial charge in [-0.3, -0.25) is 4.90 Å². The lowest BCUT2D eigenvalue weighted by Gasteiger charge is -2.19. The monoisotopic (exact) mass is 374 g/mol. The quantitative estimate of drug-likeness (QED) is 0.655. The van der Waals surface area contributed by atoms with Crippen molar-refractivity contribution in [2.24, 2.45) is 0 Å². The number of benzene rings is 1. The average Bonchev–Trinajstić information content (AvgIpc) is 3.26. The van der Waals surface area contributed by atoms with Gasteiger partial charge in [0.25, 0.3) is 0 Å². The van der Waals surface area contributed by atoms with E-state index < -0.39 is 0 Å². The average molecular weight is 375 g/mol. The summed E-state index contributed by atoms with van der Waals surface area (Å²) in [6.45, 7) is 7.88. The van der Waals surface area contributed by atoms with Gasteiger partial charge in [-0.2, -0.15) is 0 Å². The summed E-state index contributed by atoms with van der Waals surface area (Å²) in [4.78, 5) is 2.30. The van der Waals surface area contributed by atoms with E-state index in [-0.39, 0.29) is 0 Å². The molecule has 0 spiro atoms. The van der Waals surface area contributed by atoms with Crippen LogP contribution in [0.4, 0.5) is 0 Å². The third kappa shape index (κ3) is 4.87. The highest BCUT2D eigenvalue weighted by atomic mass is 32.2. The molecule has 5 nitrogen and oxygen atoms in total. The largest absolute Gasteiger partial charge is 0.376 e. The lowest BCUT2D eigenvalue weighted by Crippen LogP contribution is -2.23. The first kappa shape index (κ1) is 19.4. The SMILES string of the molecule is CSc1nnc(CN(C)Cc2ccc(C(C)C)cc2)n1CC1CCCO1. The summed E-state index contributed by atoms with van der Waals surface area (Å²) in [6.07, 6.45) is 4.64. The van der Waals surface area contributed by atoms with Crippen LogP contribution in [0, 0.1) is 0 Å². The van der Waals surface area contributed by atoms with Crippen LogP contribution in [0.1, 0.15) is 49.6 Å². The summed E-state index contributed by atoms with van der Waals surface area (Å²) < 4.78 is 8.05. The molecule has 1 saturated heterocycles. The van der Waals surface area contributed by atoms with Gasteiger partial charge in [0.1, 0.15) is 5.82 Å². The number of ether oxygens (including phenoxy) is 1. The molecule has 142 valence electrons. The van der Waals surface area contributed by atoms with Gasteiger partial charge >= 0.3 is 0 Å². The maximum Gasteiger partial charge on any atom is 0.191 e. The highest BCUT2D eigenvalue weighted by Gasteiger charge is 2.21. The Morgan fingerprint density at radius 2 is 2.00 bits per heavy atom. The molecular formula is C20H30N4OS. The lowest BCUT2D eigenvalue weighted by atomic mass is 10.0. The van der Waals surface area contributed by atoms with E-state index in [1.165, 1.54) is 11.1 Å². The zero-order valence-electron chi connectivity index (χ0n) is 16.3. The van der Waals surface area contributed by atoms with E-state index in [1.807, 2.05) is 0 Å². The molecule has 1 atom stereocenters. The first-order valence-corrected chi connectivity index (χ1v) is 10.6. The molecule has 1 aromatic heterocycles. The molecule has 1 aromatic carbocycles. The van der Waals surface area contributed by atoms with Crippen molar-refractivity contribution in [1.29, 1.82) is 0 Å². The summed E-state index contributed by atoms with van der Waals surface area (Å²) in [7, 11) is 2.14. The van der Waals surface area contributed by atoms with E-state index in [0.29, 0.717) is 12.0 Å². The van der Waals surface area contributed by atoms with E-state index in [0.717, 1.165) is 50.1 Å². The van der Waals surface area contributed by atoms with Crippen LogP contribution in [0.15, 0.2) is 29.4 Å². The van der Waals surface area contributed by atoms with Crippen molar-refractivity contribution in [3.63, 3.8) is 0 Å². The van der Waals surface area contributed by atoms with Crippen LogP contribution < -0.4 is 0 Å². The van der Waals surface area contributed by atoms with Gasteiger partial charge in [-0.05, 0) is 43.2 Å². The molecule has 26 heavy (non-hydrogen) atoms. The zero-order chi connectivity index (χ0) is 18.5. The Morgan fingerprint density at radius 3 is 2.62 bits per heavy atom. The number of nitrogens with zero attached hydrogens (tertiary/aromatic N) is 4. The van der Waals surface area contributed by atoms with E-state index >= 15 is 0 Å². The van der Waals surface area contributed by atoms with Gasteiger partial charge in [-0.1, -0.05) is 49.9 Å². The summed E-state index contributed by atoms with van der Waals surface area (Å²) in [5.41, 5.74) is 2.71. The first-order chi connectivity index (χ1) is 12.6. The van der Waals surface area contributed by atoms with Crippen LogP contribution >= 0.6 is 11.8 Å². The first-order valence-electron chi connectivity index (χ1n) is 9.42. The smallest absolute Gasteiger partial charge is 0.191 e. The van der Waals surface area contributed by atoms with Crippen LogP contribution in [0.5, 0.6) is 0 Å². The second kappa shape index (κ2) is 9.02. The van der Waals surface area contributed by atoms with E-state index in [2.05, 4.69) is 71.1 Å². The van der Waals surface area contributed by atoms with Crippen molar-refractivity contribution in [1.82, 2.24) is 19.7 Å². The number of hydrogen-bond donors (Lipinski definition) is 0. The Bertz CT molecular complexity index is 692. The Labute approximate surface area is 161 Å². The van der Waals surface area contributed by atoms with Crippen molar-refractivity contribution in [3.8, 4) is 0 Å². The molecule has 3 rings (SSSR count). The number of rotatable bonds is 8. The fraction of sp³-hybridized carbons (Fsp3) is 0.600. The standard InChI is InChI=1S/C20H30N4OS/c1-15(2)17-9-7-16(8-10-17)12-23(3)14-19-21-22-20(26-4)24(19)13-18-6-5-11-25-18/h7-10,15,18H,5-6,11-14H2,1-4H3. The van der Waals surface area contributed by atoms with Crippen LogP contribution in [0.25, 0.3) is 0 Å². The Kier molecular flexibility index (Phi) is 6.73. The third-order valence-electron chi connectivity index (χ3n) is 4.90. The van der Waals surface area contributed by atoms with Crippen LogP contribution in [-0.2, 0) is 24.4 Å². The second-order valence-electron chi connectivity index (χ2n) is 7.42. The Hall–Kier alpha value is -1.37. The molecule has 0 bridgehead atoms. The zero-order valence-corrected chi connectivity index (χ0v) is 17.1. The molecule has 0 saturated carbocycles. The van der Waals surface area contributed by atoms with E-state index in [9.17, 15) is 0 Å². The molecule has 1 aliphatic rings. The van der Waals surface area contributed by atoms with Gasteiger partial charge < -0.3 is 9.30 Å². The van der Waals surface area contributed by atoms with Gasteiger partial charge in [-0.15, -0.1) is 10.2 Å². The molecular weight excluding hydrogens is 344 g/mol. The fourth-order valence-corrected chi connectivity index (χ4v) is 3.90. The van der Waals surface area contributed by atoms with E-state index in [1.54, 1.807) is 11.8 Å². The molecule has 0 aliphatic carbocycles. The molecule has 0 N–H and O–H groups in total. The van der Waals surface area contributed by atoms with Gasteiger partial charge in [0.2, 0.25) is 0 Å². The minimum absolute atomic E-state index is 0.296. The van der Waals surface area contributed by atoms with Crippen LogP contribution in [0.2, 0.25) is 0 Å². The normalized spacial score (nSPS) is 17.5. The highest BCUT2D eigenvalue weighted by molar-refractivity contribution is 7.98. The molecule has 1 aliphatic heterocycles. The second-order valence-corrected chi connectivity index (χ2v) is 8.19. The number of aromatic nitrogens is 3.